The van der Waals surface area contributed by atoms with Crippen LogP contribution in [0.3, 0.4) is 0 Å². The van der Waals surface area contributed by atoms with E-state index < -0.39 is 17.4 Å². The molecular weight excluding hydrogens is 534 g/mol. The van der Waals surface area contributed by atoms with E-state index in [0.29, 0.717) is 41.9 Å². The van der Waals surface area contributed by atoms with Crippen molar-refractivity contribution < 1.29 is 13.9 Å². The Balaban J connectivity index is 1.69. The molecule has 210 valence electrons. The molecule has 0 spiro atoms. The molecule has 1 fully saturated rings. The van der Waals surface area contributed by atoms with Crippen molar-refractivity contribution in [3.63, 3.8) is 0 Å². The molecule has 0 amide bonds. The first-order chi connectivity index (χ1) is 19.1. The molecule has 1 saturated heterocycles. The molecule has 0 unspecified atom stereocenters. The van der Waals surface area contributed by atoms with Crippen molar-refractivity contribution in [1.82, 2.24) is 24.8 Å². The van der Waals surface area contributed by atoms with Crippen LogP contribution in [0.5, 0.6) is 5.75 Å². The Hall–Kier alpha value is -3.43. The Morgan fingerprint density at radius 3 is 2.45 bits per heavy atom. The van der Waals surface area contributed by atoms with Crippen LogP contribution >= 0.6 is 11.6 Å². The minimum absolute atomic E-state index is 0.0225. The average Bonchev–Trinajstić information content (AvgIpc) is 2.92. The second-order valence-corrected chi connectivity index (χ2v) is 11.3. The summed E-state index contributed by atoms with van der Waals surface area (Å²) in [6, 6.07) is 7.45. The zero-order valence-electron chi connectivity index (χ0n) is 23.1. The average molecular weight is 567 g/mol. The van der Waals surface area contributed by atoms with Crippen molar-refractivity contribution in [3.8, 4) is 16.9 Å². The highest BCUT2D eigenvalue weighted by molar-refractivity contribution is 6.34. The van der Waals surface area contributed by atoms with Gasteiger partial charge in [0.1, 0.15) is 34.6 Å². The number of hydrogen-bond donors (Lipinski definition) is 1. The molecule has 2 aromatic heterocycles. The van der Waals surface area contributed by atoms with Gasteiger partial charge >= 0.3 is 0 Å². The number of phenolic OH excluding ortho intramolecular Hbond substituents is 1. The van der Waals surface area contributed by atoms with Crippen LogP contribution in [0.2, 0.25) is 5.02 Å². The van der Waals surface area contributed by atoms with Crippen LogP contribution in [0, 0.1) is 17.6 Å². The van der Waals surface area contributed by atoms with Crippen molar-refractivity contribution in [2.45, 2.75) is 65.7 Å². The van der Waals surface area contributed by atoms with Crippen LogP contribution in [-0.2, 0) is 13.1 Å². The normalized spacial score (nSPS) is 17.8. The van der Waals surface area contributed by atoms with Gasteiger partial charge in [0.2, 0.25) is 0 Å². The third-order valence-corrected chi connectivity index (χ3v) is 7.88. The Morgan fingerprint density at radius 2 is 1.75 bits per heavy atom. The van der Waals surface area contributed by atoms with Gasteiger partial charge in [0.25, 0.3) is 0 Å². The van der Waals surface area contributed by atoms with Crippen LogP contribution in [0.4, 0.5) is 14.6 Å². The second-order valence-electron chi connectivity index (χ2n) is 10.9. The highest BCUT2D eigenvalue weighted by Crippen LogP contribution is 2.43. The number of halogens is 3. The number of phenols is 1. The summed E-state index contributed by atoms with van der Waals surface area (Å²) >= 11 is 6.60. The van der Waals surface area contributed by atoms with E-state index in [1.54, 1.807) is 24.5 Å². The summed E-state index contributed by atoms with van der Waals surface area (Å²) in [5.41, 5.74) is -0.482. The van der Waals surface area contributed by atoms with Gasteiger partial charge in [-0.1, -0.05) is 24.6 Å². The molecule has 2 atom stereocenters. The van der Waals surface area contributed by atoms with Gasteiger partial charge in [0.05, 0.1) is 23.7 Å². The minimum Gasteiger partial charge on any atom is -0.507 e. The predicted molar refractivity (Wildman–Crippen MR) is 153 cm³/mol. The summed E-state index contributed by atoms with van der Waals surface area (Å²) in [6.45, 7) is 9.97. The molecule has 3 heterocycles. The fourth-order valence-corrected chi connectivity index (χ4v) is 5.57. The number of benzene rings is 2. The molecule has 5 rings (SSSR count). The van der Waals surface area contributed by atoms with Crippen molar-refractivity contribution in [2.75, 3.05) is 11.4 Å². The van der Waals surface area contributed by atoms with Crippen molar-refractivity contribution in [2.24, 2.45) is 5.92 Å². The molecule has 0 aliphatic carbocycles. The van der Waals surface area contributed by atoms with E-state index in [1.165, 1.54) is 12.1 Å². The number of hydrogen-bond acceptors (Lipinski definition) is 7. The number of aromatic hydroxyl groups is 1. The summed E-state index contributed by atoms with van der Waals surface area (Å²) in [5.74, 6) is 0.135. The smallest absolute Gasteiger partial charge is 0.159 e. The van der Waals surface area contributed by atoms with E-state index in [2.05, 4.69) is 52.4 Å². The molecule has 40 heavy (non-hydrogen) atoms. The van der Waals surface area contributed by atoms with Crippen LogP contribution in [0.25, 0.3) is 22.0 Å². The monoisotopic (exact) mass is 566 g/mol. The zero-order valence-corrected chi connectivity index (χ0v) is 23.8. The third-order valence-electron chi connectivity index (χ3n) is 7.58. The lowest BCUT2D eigenvalue weighted by Gasteiger charge is -2.38. The topological polar surface area (TPSA) is 78.3 Å². The molecule has 1 aliphatic rings. The number of piperidine rings is 1. The number of nitrogens with zero attached hydrogens (tertiary/aromatic N) is 6. The van der Waals surface area contributed by atoms with Crippen molar-refractivity contribution in [3.05, 3.63) is 71.0 Å². The molecular formula is C30H33ClF2N6O. The molecule has 0 radical (unpaired) electrons. The fourth-order valence-electron chi connectivity index (χ4n) is 5.28. The fraction of sp³-hybridized carbons (Fsp3) is 0.400. The third kappa shape index (κ3) is 5.58. The first-order valence-corrected chi connectivity index (χ1v) is 13.9. The molecule has 0 saturated carbocycles. The molecule has 4 aromatic rings. The van der Waals surface area contributed by atoms with Gasteiger partial charge in [-0.3, -0.25) is 4.90 Å². The summed E-state index contributed by atoms with van der Waals surface area (Å²) in [7, 11) is 0. The molecule has 1 N–H and O–H groups in total. The van der Waals surface area contributed by atoms with Gasteiger partial charge < -0.3 is 10.0 Å². The van der Waals surface area contributed by atoms with E-state index in [1.807, 2.05) is 0 Å². The number of anilines is 1. The van der Waals surface area contributed by atoms with Gasteiger partial charge in [0.15, 0.2) is 5.82 Å². The summed E-state index contributed by atoms with van der Waals surface area (Å²) in [6.07, 6.45) is 5.47. The number of fused-ring (bicyclic) bond motifs is 1. The van der Waals surface area contributed by atoms with Crippen LogP contribution < -0.4 is 4.90 Å². The van der Waals surface area contributed by atoms with Gasteiger partial charge in [0, 0.05) is 42.0 Å². The number of rotatable bonds is 7. The van der Waals surface area contributed by atoms with E-state index in [-0.39, 0.29) is 33.7 Å². The first-order valence-electron chi connectivity index (χ1n) is 13.6. The van der Waals surface area contributed by atoms with Crippen LogP contribution in [0.1, 0.15) is 52.2 Å². The zero-order chi connectivity index (χ0) is 28.6. The first kappa shape index (κ1) is 28.1. The van der Waals surface area contributed by atoms with E-state index in [4.69, 9.17) is 16.6 Å². The second kappa shape index (κ2) is 11.6. The maximum atomic E-state index is 16.4. The quantitative estimate of drug-likeness (QED) is 0.265. The largest absolute Gasteiger partial charge is 0.507 e. The van der Waals surface area contributed by atoms with Crippen LogP contribution in [-0.4, -0.2) is 48.6 Å². The highest BCUT2D eigenvalue weighted by atomic mass is 35.5. The molecule has 7 nitrogen and oxygen atoms in total. The Bertz CT molecular complexity index is 1500. The predicted octanol–water partition coefficient (Wildman–Crippen LogP) is 6.76. The molecule has 2 aromatic carbocycles. The van der Waals surface area contributed by atoms with Gasteiger partial charge in [-0.15, -0.1) is 0 Å². The summed E-state index contributed by atoms with van der Waals surface area (Å²) in [5, 5.41) is 10.9. The number of aromatic nitrogens is 4. The summed E-state index contributed by atoms with van der Waals surface area (Å²) < 4.78 is 31.3. The highest BCUT2D eigenvalue weighted by Gasteiger charge is 2.29. The van der Waals surface area contributed by atoms with E-state index in [0.717, 1.165) is 25.5 Å². The lowest BCUT2D eigenvalue weighted by Crippen LogP contribution is -2.42. The van der Waals surface area contributed by atoms with Crippen molar-refractivity contribution >= 4 is 28.3 Å². The Labute approximate surface area is 237 Å². The van der Waals surface area contributed by atoms with Crippen molar-refractivity contribution in [1.29, 1.82) is 0 Å². The van der Waals surface area contributed by atoms with Gasteiger partial charge in [-0.2, -0.15) is 0 Å². The van der Waals surface area contributed by atoms with E-state index in [9.17, 15) is 9.50 Å². The maximum Gasteiger partial charge on any atom is 0.159 e. The molecule has 10 heteroatoms. The maximum absolute atomic E-state index is 16.4. The lowest BCUT2D eigenvalue weighted by atomic mass is 9.94. The van der Waals surface area contributed by atoms with Crippen LogP contribution in [0.15, 0.2) is 42.7 Å². The SMILES string of the molecule is CC(C)N(Cc1ncccn1)Cc1nc(N2C[C@@H](C)CC[C@@H]2C)c2cc(Cl)c(-c3c(O)cccc3F)c(F)c2n1. The van der Waals surface area contributed by atoms with E-state index >= 15 is 4.39 Å². The Kier molecular flexibility index (Phi) is 8.14. The Morgan fingerprint density at radius 1 is 1.02 bits per heavy atom. The summed E-state index contributed by atoms with van der Waals surface area (Å²) in [4.78, 5) is 22.6. The minimum atomic E-state index is -0.798. The lowest BCUT2D eigenvalue weighted by molar-refractivity contribution is 0.193. The standard InChI is InChI=1S/C30H33ClF2N6O/c1-17(2)38(15-24-34-11-6-12-35-24)16-25-36-29-20(30(37-25)39-14-18(3)9-10-19(39)4)13-21(31)26(28(29)33)27-22(32)7-5-8-23(27)40/h5-8,11-13,17-19,40H,9-10,14-16H2,1-4H3/t18-,19-/m0/s1. The van der Waals surface area contributed by atoms with Gasteiger partial charge in [-0.05, 0) is 63.8 Å². The van der Waals surface area contributed by atoms with Gasteiger partial charge in [-0.25, -0.2) is 28.7 Å². The molecule has 0 bridgehead atoms. The molecule has 1 aliphatic heterocycles.